The largest absolute Gasteiger partial charge is 0.493 e. The molecule has 3 rings (SSSR count). The molecule has 0 radical (unpaired) electrons. The standard InChI is InChI=1S/C17H19NO8/c1-17(2)24-9-12(26-17)13-14(22-3)15(16(19)25-13)23-8-10-4-6-11(7-5-10)18(20)21/h4-7,12-13H,8-9H2,1-3H3/t12-,13+/m0/s1. The summed E-state index contributed by atoms with van der Waals surface area (Å²) < 4.78 is 27.4. The van der Waals surface area contributed by atoms with Crippen molar-refractivity contribution in [2.24, 2.45) is 0 Å². The molecule has 0 unspecified atom stereocenters. The Morgan fingerprint density at radius 2 is 2.00 bits per heavy atom. The quantitative estimate of drug-likeness (QED) is 0.428. The molecule has 0 amide bonds. The van der Waals surface area contributed by atoms with Crippen LogP contribution in [0.2, 0.25) is 0 Å². The number of methoxy groups -OCH3 is 1. The second kappa shape index (κ2) is 6.93. The van der Waals surface area contributed by atoms with Gasteiger partial charge in [0.1, 0.15) is 12.7 Å². The molecule has 0 saturated carbocycles. The van der Waals surface area contributed by atoms with Crippen molar-refractivity contribution in [3.63, 3.8) is 0 Å². The fraction of sp³-hybridized carbons (Fsp3) is 0.471. The highest BCUT2D eigenvalue weighted by molar-refractivity contribution is 5.89. The molecule has 26 heavy (non-hydrogen) atoms. The van der Waals surface area contributed by atoms with Gasteiger partial charge in [0.15, 0.2) is 17.7 Å². The number of cyclic esters (lactones) is 1. The van der Waals surface area contributed by atoms with Crippen LogP contribution in [0.15, 0.2) is 35.8 Å². The smallest absolute Gasteiger partial charge is 0.378 e. The molecule has 2 atom stereocenters. The van der Waals surface area contributed by atoms with Gasteiger partial charge in [-0.15, -0.1) is 0 Å². The number of nitrogens with zero attached hydrogens (tertiary/aromatic N) is 1. The van der Waals surface area contributed by atoms with Crippen molar-refractivity contribution in [1.29, 1.82) is 0 Å². The highest BCUT2D eigenvalue weighted by Crippen LogP contribution is 2.34. The summed E-state index contributed by atoms with van der Waals surface area (Å²) in [6.07, 6.45) is -1.24. The molecule has 2 aliphatic rings. The highest BCUT2D eigenvalue weighted by atomic mass is 16.8. The van der Waals surface area contributed by atoms with E-state index in [-0.39, 0.29) is 30.4 Å². The molecule has 9 nitrogen and oxygen atoms in total. The lowest BCUT2D eigenvalue weighted by atomic mass is 10.2. The van der Waals surface area contributed by atoms with E-state index in [0.29, 0.717) is 5.56 Å². The summed E-state index contributed by atoms with van der Waals surface area (Å²) >= 11 is 0. The zero-order valence-electron chi connectivity index (χ0n) is 14.6. The summed E-state index contributed by atoms with van der Waals surface area (Å²) in [5, 5.41) is 10.7. The molecule has 0 bridgehead atoms. The summed E-state index contributed by atoms with van der Waals surface area (Å²) in [4.78, 5) is 22.4. The first kappa shape index (κ1) is 18.2. The van der Waals surface area contributed by atoms with Crippen molar-refractivity contribution in [2.45, 2.75) is 38.4 Å². The average Bonchev–Trinajstić information content (AvgIpc) is 3.12. The van der Waals surface area contributed by atoms with Gasteiger partial charge in [-0.2, -0.15) is 0 Å². The number of carbonyl (C=O) groups is 1. The number of nitro benzene ring substituents is 1. The van der Waals surface area contributed by atoms with Crippen molar-refractivity contribution in [3.05, 3.63) is 51.5 Å². The second-order valence-corrected chi connectivity index (χ2v) is 6.30. The predicted molar refractivity (Wildman–Crippen MR) is 86.7 cm³/mol. The fourth-order valence-corrected chi connectivity index (χ4v) is 2.77. The average molecular weight is 365 g/mol. The van der Waals surface area contributed by atoms with Gasteiger partial charge in [0.25, 0.3) is 5.69 Å². The lowest BCUT2D eigenvalue weighted by Gasteiger charge is -2.21. The monoisotopic (exact) mass is 365 g/mol. The number of benzene rings is 1. The minimum absolute atomic E-state index is 0.0214. The number of hydrogen-bond acceptors (Lipinski definition) is 8. The van der Waals surface area contributed by atoms with Crippen LogP contribution >= 0.6 is 0 Å². The van der Waals surface area contributed by atoms with Crippen molar-refractivity contribution in [3.8, 4) is 0 Å². The molecular formula is C17H19NO8. The van der Waals surface area contributed by atoms with Gasteiger partial charge in [-0.05, 0) is 31.5 Å². The van der Waals surface area contributed by atoms with Crippen LogP contribution in [0.3, 0.4) is 0 Å². The Morgan fingerprint density at radius 3 is 2.54 bits per heavy atom. The molecule has 0 N–H and O–H groups in total. The summed E-state index contributed by atoms with van der Waals surface area (Å²) in [5.74, 6) is -1.22. The van der Waals surface area contributed by atoms with Crippen LogP contribution in [0.4, 0.5) is 5.69 Å². The Labute approximate surface area is 149 Å². The van der Waals surface area contributed by atoms with Crippen LogP contribution in [0.25, 0.3) is 0 Å². The third-order valence-corrected chi connectivity index (χ3v) is 4.02. The molecule has 1 fully saturated rings. The first-order valence-electron chi connectivity index (χ1n) is 7.98. The first-order chi connectivity index (χ1) is 12.3. The Morgan fingerprint density at radius 1 is 1.31 bits per heavy atom. The van der Waals surface area contributed by atoms with Crippen LogP contribution in [0.1, 0.15) is 19.4 Å². The Bertz CT molecular complexity index is 740. The van der Waals surface area contributed by atoms with Crippen molar-refractivity contribution < 1.29 is 33.4 Å². The summed E-state index contributed by atoms with van der Waals surface area (Å²) in [6, 6.07) is 5.84. The molecule has 1 saturated heterocycles. The molecule has 1 aromatic carbocycles. The van der Waals surface area contributed by atoms with Crippen LogP contribution in [0.5, 0.6) is 0 Å². The Balaban J connectivity index is 1.71. The second-order valence-electron chi connectivity index (χ2n) is 6.30. The molecule has 140 valence electrons. The third-order valence-electron chi connectivity index (χ3n) is 4.02. The normalized spacial score (nSPS) is 24.5. The Kier molecular flexibility index (Phi) is 4.84. The van der Waals surface area contributed by atoms with E-state index in [4.69, 9.17) is 23.7 Å². The molecule has 0 aliphatic carbocycles. The number of carbonyl (C=O) groups excluding carboxylic acids is 1. The van der Waals surface area contributed by atoms with E-state index >= 15 is 0 Å². The highest BCUT2D eigenvalue weighted by Gasteiger charge is 2.47. The van der Waals surface area contributed by atoms with Crippen LogP contribution in [0, 0.1) is 10.1 Å². The zero-order valence-corrected chi connectivity index (χ0v) is 14.6. The van der Waals surface area contributed by atoms with E-state index in [2.05, 4.69) is 0 Å². The summed E-state index contributed by atoms with van der Waals surface area (Å²) in [6.45, 7) is 3.83. The molecular weight excluding hydrogens is 346 g/mol. The van der Waals surface area contributed by atoms with Gasteiger partial charge >= 0.3 is 5.97 Å². The number of non-ortho nitro benzene ring substituents is 1. The molecule has 0 spiro atoms. The minimum Gasteiger partial charge on any atom is -0.493 e. The van der Waals surface area contributed by atoms with Crippen LogP contribution < -0.4 is 0 Å². The third kappa shape index (κ3) is 3.63. The van der Waals surface area contributed by atoms with E-state index in [0.717, 1.165) is 0 Å². The van der Waals surface area contributed by atoms with E-state index < -0.39 is 28.9 Å². The zero-order chi connectivity index (χ0) is 18.9. The minimum atomic E-state index is -0.766. The molecule has 2 heterocycles. The number of rotatable bonds is 6. The van der Waals surface area contributed by atoms with Gasteiger partial charge in [-0.3, -0.25) is 10.1 Å². The van der Waals surface area contributed by atoms with Crippen molar-refractivity contribution in [1.82, 2.24) is 0 Å². The van der Waals surface area contributed by atoms with E-state index in [1.165, 1.54) is 19.2 Å². The maximum Gasteiger partial charge on any atom is 0.378 e. The van der Waals surface area contributed by atoms with E-state index in [1.54, 1.807) is 26.0 Å². The van der Waals surface area contributed by atoms with Crippen molar-refractivity contribution in [2.75, 3.05) is 13.7 Å². The van der Waals surface area contributed by atoms with Crippen molar-refractivity contribution >= 4 is 11.7 Å². The lowest BCUT2D eigenvalue weighted by molar-refractivity contribution is -0.384. The fourth-order valence-electron chi connectivity index (χ4n) is 2.77. The van der Waals surface area contributed by atoms with E-state index in [9.17, 15) is 14.9 Å². The number of ether oxygens (including phenoxy) is 5. The lowest BCUT2D eigenvalue weighted by Crippen LogP contribution is -2.33. The number of esters is 1. The number of hydrogen-bond donors (Lipinski definition) is 0. The Hall–Kier alpha value is -2.65. The van der Waals surface area contributed by atoms with Gasteiger partial charge in [0.2, 0.25) is 5.76 Å². The maximum absolute atomic E-state index is 12.2. The van der Waals surface area contributed by atoms with E-state index in [1.807, 2.05) is 0 Å². The van der Waals surface area contributed by atoms with Gasteiger partial charge in [0.05, 0.1) is 18.6 Å². The van der Waals surface area contributed by atoms with Gasteiger partial charge < -0.3 is 23.7 Å². The molecule has 0 aromatic heterocycles. The van der Waals surface area contributed by atoms with Gasteiger partial charge in [0, 0.05) is 12.1 Å². The molecule has 1 aromatic rings. The SMILES string of the molecule is COC1=C(OCc2ccc([N+](=O)[O-])cc2)C(=O)O[C@@H]1[C@@H]1COC(C)(C)O1. The summed E-state index contributed by atoms with van der Waals surface area (Å²) in [7, 11) is 1.42. The van der Waals surface area contributed by atoms with Crippen LogP contribution in [-0.4, -0.2) is 42.6 Å². The van der Waals surface area contributed by atoms with Gasteiger partial charge in [-0.25, -0.2) is 4.79 Å². The molecule has 9 heteroatoms. The summed E-state index contributed by atoms with van der Waals surface area (Å²) in [5.41, 5.74) is 0.642. The maximum atomic E-state index is 12.2. The van der Waals surface area contributed by atoms with Gasteiger partial charge in [-0.1, -0.05) is 0 Å². The molecule has 2 aliphatic heterocycles. The topological polar surface area (TPSA) is 106 Å². The predicted octanol–water partition coefficient (Wildman–Crippen LogP) is 2.05. The van der Waals surface area contributed by atoms with Crippen LogP contribution in [-0.2, 0) is 35.1 Å². The first-order valence-corrected chi connectivity index (χ1v) is 7.98. The number of nitro groups is 1.